The Balaban J connectivity index is 1.52. The van der Waals surface area contributed by atoms with E-state index < -0.39 is 44.4 Å². The van der Waals surface area contributed by atoms with Crippen molar-refractivity contribution in [3.05, 3.63) is 48.5 Å². The molecule has 1 saturated heterocycles. The van der Waals surface area contributed by atoms with Crippen LogP contribution in [0.2, 0.25) is 0 Å². The van der Waals surface area contributed by atoms with Crippen molar-refractivity contribution in [2.24, 2.45) is 0 Å². The predicted molar refractivity (Wildman–Crippen MR) is 133 cm³/mol. The van der Waals surface area contributed by atoms with Crippen molar-refractivity contribution in [3.63, 3.8) is 0 Å². The molecule has 14 heteroatoms. The van der Waals surface area contributed by atoms with Gasteiger partial charge in [0.15, 0.2) is 17.1 Å². The maximum absolute atomic E-state index is 15.8. The maximum Gasteiger partial charge on any atom is 0.459 e. The molecule has 0 aliphatic carbocycles. The number of ether oxygens (including phenoxy) is 2. The first kappa shape index (κ1) is 27.4. The van der Waals surface area contributed by atoms with E-state index in [1.54, 1.807) is 37.3 Å². The third kappa shape index (κ3) is 6.08. The Morgan fingerprint density at radius 2 is 2.03 bits per heavy atom. The van der Waals surface area contributed by atoms with Crippen molar-refractivity contribution in [3.8, 4) is 5.75 Å². The molecule has 1 fully saturated rings. The molecule has 202 valence electrons. The van der Waals surface area contributed by atoms with E-state index in [1.807, 2.05) is 13.8 Å². The fraction of sp³-hybridized carbons (Fsp3) is 0.522. The number of aliphatic hydroxyl groups excluding tert-OH is 1. The first-order chi connectivity index (χ1) is 17.5. The molecule has 0 spiro atoms. The van der Waals surface area contributed by atoms with E-state index in [0.29, 0.717) is 5.75 Å². The van der Waals surface area contributed by atoms with Crippen LogP contribution in [0.25, 0.3) is 5.65 Å². The molecule has 2 aromatic heterocycles. The third-order valence-corrected chi connectivity index (χ3v) is 7.51. The first-order valence-corrected chi connectivity index (χ1v) is 13.4. The molecule has 37 heavy (non-hydrogen) atoms. The normalized spacial score (nSPS) is 26.4. The number of aromatic nitrogens is 4. The number of nitrogens with zero attached hydrogens (tertiary/aromatic N) is 4. The number of alkyl halides is 1. The number of rotatable bonds is 11. The van der Waals surface area contributed by atoms with Gasteiger partial charge in [0.2, 0.25) is 0 Å². The number of para-hydroxylation sites is 1. The number of hydrogen-bond acceptors (Lipinski definition) is 10. The van der Waals surface area contributed by atoms with E-state index in [0.717, 1.165) is 0 Å². The van der Waals surface area contributed by atoms with Gasteiger partial charge in [-0.2, -0.15) is 5.10 Å². The third-order valence-electron chi connectivity index (χ3n) is 5.82. The predicted octanol–water partition coefficient (Wildman–Crippen LogP) is 2.84. The fourth-order valence-corrected chi connectivity index (χ4v) is 5.48. The minimum absolute atomic E-state index is 0.0268. The Morgan fingerprint density at radius 1 is 1.30 bits per heavy atom. The number of fused-ring (bicyclic) bond motifs is 1. The zero-order valence-corrected chi connectivity index (χ0v) is 21.9. The molecule has 3 heterocycles. The number of benzene rings is 1. The van der Waals surface area contributed by atoms with Gasteiger partial charge in [-0.05, 0) is 39.8 Å². The quantitative estimate of drug-likeness (QED) is 0.309. The number of imidazole rings is 1. The number of nitrogen functional groups attached to an aromatic ring is 1. The lowest BCUT2D eigenvalue weighted by Gasteiger charge is -2.26. The summed E-state index contributed by atoms with van der Waals surface area (Å²) in [5.41, 5.74) is 4.04. The van der Waals surface area contributed by atoms with E-state index in [2.05, 4.69) is 20.2 Å². The minimum Gasteiger partial charge on any atom is -0.413 e. The average Bonchev–Trinajstić information content (AvgIpc) is 3.36. The first-order valence-electron chi connectivity index (χ1n) is 11.9. The van der Waals surface area contributed by atoms with Gasteiger partial charge in [0.1, 0.15) is 30.4 Å². The molecule has 1 aliphatic rings. The van der Waals surface area contributed by atoms with Gasteiger partial charge in [0, 0.05) is 6.04 Å². The number of aliphatic hydroxyl groups is 1. The van der Waals surface area contributed by atoms with E-state index >= 15 is 4.39 Å². The van der Waals surface area contributed by atoms with E-state index in [1.165, 1.54) is 24.0 Å². The zero-order valence-electron chi connectivity index (χ0n) is 21.0. The van der Waals surface area contributed by atoms with Gasteiger partial charge in [-0.3, -0.25) is 4.52 Å². The van der Waals surface area contributed by atoms with Crippen molar-refractivity contribution < 1.29 is 32.6 Å². The van der Waals surface area contributed by atoms with E-state index in [9.17, 15) is 9.67 Å². The van der Waals surface area contributed by atoms with Crippen LogP contribution in [-0.4, -0.2) is 67.9 Å². The van der Waals surface area contributed by atoms with Gasteiger partial charge in [-0.15, -0.1) is 0 Å². The SMILES string of the molecule is CC(COC(C)C)NP(=O)(OCC1OC(c2cnc3c(N)ncnn23)C(C)(F)C1O)Oc1ccccc1. The van der Waals surface area contributed by atoms with Crippen LogP contribution >= 0.6 is 7.75 Å². The van der Waals surface area contributed by atoms with Gasteiger partial charge < -0.3 is 24.8 Å². The molecule has 6 atom stereocenters. The molecule has 1 aromatic carbocycles. The highest BCUT2D eigenvalue weighted by atomic mass is 31.2. The van der Waals surface area contributed by atoms with Crippen LogP contribution in [0.5, 0.6) is 5.75 Å². The van der Waals surface area contributed by atoms with Crippen LogP contribution in [0, 0.1) is 0 Å². The highest BCUT2D eigenvalue weighted by Gasteiger charge is 2.56. The summed E-state index contributed by atoms with van der Waals surface area (Å²) in [5, 5.41) is 17.7. The molecule has 0 radical (unpaired) electrons. The summed E-state index contributed by atoms with van der Waals surface area (Å²) in [6, 6.07) is 8.07. The van der Waals surface area contributed by atoms with Crippen LogP contribution in [0.3, 0.4) is 0 Å². The molecule has 3 aromatic rings. The molecule has 12 nitrogen and oxygen atoms in total. The average molecular weight is 539 g/mol. The largest absolute Gasteiger partial charge is 0.459 e. The molecule has 4 rings (SSSR count). The topological polar surface area (TPSA) is 155 Å². The summed E-state index contributed by atoms with van der Waals surface area (Å²) < 4.78 is 53.6. The lowest BCUT2D eigenvalue weighted by atomic mass is 9.93. The Hall–Kier alpha value is -2.67. The highest BCUT2D eigenvalue weighted by molar-refractivity contribution is 7.52. The van der Waals surface area contributed by atoms with Crippen LogP contribution < -0.4 is 15.3 Å². The van der Waals surface area contributed by atoms with Crippen LogP contribution in [-0.2, 0) is 18.6 Å². The highest BCUT2D eigenvalue weighted by Crippen LogP contribution is 2.48. The van der Waals surface area contributed by atoms with Gasteiger partial charge in [0.05, 0.1) is 31.2 Å². The summed E-state index contributed by atoms with van der Waals surface area (Å²) in [5.74, 6) is 0.417. The van der Waals surface area contributed by atoms with Crippen molar-refractivity contribution in [1.29, 1.82) is 0 Å². The Bertz CT molecular complexity index is 1240. The Kier molecular flexibility index (Phi) is 8.12. The standard InChI is InChI=1S/C23H32FN6O6P/c1-14(2)33-11-15(3)29-37(32,36-16-8-6-5-7-9-16)34-12-18-19(31)23(4,24)20(35-18)17-10-26-22-21(25)27-13-28-30(17)22/h5-10,13-15,18-20,31H,11-12H2,1-4H3,(H,29,32)(H2,25,27,28). The summed E-state index contributed by atoms with van der Waals surface area (Å²) in [7, 11) is -4.00. The number of halogens is 1. The van der Waals surface area contributed by atoms with Crippen molar-refractivity contribution >= 4 is 19.2 Å². The molecular weight excluding hydrogens is 506 g/mol. The van der Waals surface area contributed by atoms with Crippen LogP contribution in [0.4, 0.5) is 10.2 Å². The zero-order chi connectivity index (χ0) is 26.8. The Morgan fingerprint density at radius 3 is 2.73 bits per heavy atom. The van der Waals surface area contributed by atoms with Gasteiger partial charge in [-0.25, -0.2) is 28.5 Å². The second kappa shape index (κ2) is 11.0. The summed E-state index contributed by atoms with van der Waals surface area (Å²) in [6.07, 6.45) is -1.51. The number of anilines is 1. The summed E-state index contributed by atoms with van der Waals surface area (Å²) in [6.45, 7) is 6.55. The van der Waals surface area contributed by atoms with Gasteiger partial charge in [-0.1, -0.05) is 18.2 Å². The van der Waals surface area contributed by atoms with Gasteiger partial charge >= 0.3 is 7.75 Å². The molecule has 0 saturated carbocycles. The van der Waals surface area contributed by atoms with E-state index in [-0.39, 0.29) is 29.9 Å². The minimum atomic E-state index is -4.00. The molecule has 0 bridgehead atoms. The number of nitrogens with one attached hydrogen (secondary N) is 1. The lowest BCUT2D eigenvalue weighted by Crippen LogP contribution is -2.40. The molecule has 0 amide bonds. The van der Waals surface area contributed by atoms with Crippen molar-refractivity contribution in [1.82, 2.24) is 24.7 Å². The molecule has 1 aliphatic heterocycles. The molecular formula is C23H32FN6O6P. The van der Waals surface area contributed by atoms with E-state index in [4.69, 9.17) is 24.3 Å². The number of hydrogen-bond donors (Lipinski definition) is 3. The molecule has 6 unspecified atom stereocenters. The number of nitrogens with two attached hydrogens (primary N) is 1. The van der Waals surface area contributed by atoms with Crippen LogP contribution in [0.15, 0.2) is 42.9 Å². The van der Waals surface area contributed by atoms with Gasteiger partial charge in [0.25, 0.3) is 0 Å². The smallest absolute Gasteiger partial charge is 0.413 e. The Labute approximate surface area is 213 Å². The van der Waals surface area contributed by atoms with Crippen molar-refractivity contribution in [2.45, 2.75) is 63.8 Å². The lowest BCUT2D eigenvalue weighted by molar-refractivity contribution is -0.0216. The second-order valence-corrected chi connectivity index (χ2v) is 11.0. The fourth-order valence-electron chi connectivity index (χ4n) is 3.95. The maximum atomic E-state index is 15.8. The second-order valence-electron chi connectivity index (χ2n) is 9.32. The van der Waals surface area contributed by atoms with Crippen LogP contribution in [0.1, 0.15) is 39.5 Å². The summed E-state index contributed by atoms with van der Waals surface area (Å²) in [4.78, 5) is 8.01. The monoisotopic (exact) mass is 538 g/mol. The summed E-state index contributed by atoms with van der Waals surface area (Å²) >= 11 is 0. The van der Waals surface area contributed by atoms with Crippen molar-refractivity contribution in [2.75, 3.05) is 18.9 Å². The molecule has 4 N–H and O–H groups in total.